The molecule has 0 radical (unpaired) electrons. The Morgan fingerprint density at radius 1 is 1.10 bits per heavy atom. The van der Waals surface area contributed by atoms with Gasteiger partial charge in [0.2, 0.25) is 5.91 Å². The fourth-order valence-corrected chi connectivity index (χ4v) is 4.34. The van der Waals surface area contributed by atoms with E-state index in [1.807, 2.05) is 11.8 Å². The number of piperazine rings is 1. The Labute approximate surface area is 172 Å². The van der Waals surface area contributed by atoms with E-state index < -0.39 is 0 Å². The Hall–Kier alpha value is -2.47. The number of aromatic nitrogens is 1. The van der Waals surface area contributed by atoms with Crippen LogP contribution in [0.5, 0.6) is 0 Å². The Bertz CT molecular complexity index is 862. The molecule has 2 fully saturated rings. The predicted molar refractivity (Wildman–Crippen MR) is 112 cm³/mol. The van der Waals surface area contributed by atoms with Crippen LogP contribution in [0.15, 0.2) is 36.4 Å². The molecular formula is C23H29FN4O. The standard InChI is InChI=1S/C23H29FN4O/c1-17-14-20(27-12-10-26(2)11-13-27)16-21(25-17)22-4-3-9-28(22)23(29)15-18-5-7-19(24)8-6-18/h5-8,14,16,22H,3-4,9-13,15H2,1-2H3. The van der Waals surface area contributed by atoms with Crippen LogP contribution in [0.2, 0.25) is 0 Å². The second-order valence-electron chi connectivity index (χ2n) is 8.23. The largest absolute Gasteiger partial charge is 0.369 e. The third-order valence-electron chi connectivity index (χ3n) is 6.01. The number of carbonyl (C=O) groups is 1. The molecule has 0 aliphatic carbocycles. The second-order valence-corrected chi connectivity index (χ2v) is 8.23. The smallest absolute Gasteiger partial charge is 0.227 e. The van der Waals surface area contributed by atoms with Crippen molar-refractivity contribution in [2.24, 2.45) is 0 Å². The van der Waals surface area contributed by atoms with Crippen molar-refractivity contribution in [3.8, 4) is 0 Å². The van der Waals surface area contributed by atoms with Crippen LogP contribution in [0.3, 0.4) is 0 Å². The molecule has 2 aromatic rings. The molecule has 1 unspecified atom stereocenters. The van der Waals surface area contributed by atoms with Crippen LogP contribution in [-0.4, -0.2) is 60.5 Å². The van der Waals surface area contributed by atoms with Gasteiger partial charge in [-0.2, -0.15) is 0 Å². The number of amides is 1. The highest BCUT2D eigenvalue weighted by atomic mass is 19.1. The first-order chi connectivity index (χ1) is 14.0. The molecule has 2 aliphatic heterocycles. The lowest BCUT2D eigenvalue weighted by Crippen LogP contribution is -2.44. The Morgan fingerprint density at radius 2 is 1.83 bits per heavy atom. The van der Waals surface area contributed by atoms with Crippen molar-refractivity contribution in [1.29, 1.82) is 0 Å². The zero-order chi connectivity index (χ0) is 20.4. The van der Waals surface area contributed by atoms with Gasteiger partial charge >= 0.3 is 0 Å². The van der Waals surface area contributed by atoms with Gasteiger partial charge in [-0.1, -0.05) is 12.1 Å². The molecule has 3 heterocycles. The Kier molecular flexibility index (Phi) is 5.81. The van der Waals surface area contributed by atoms with Crippen molar-refractivity contribution in [2.75, 3.05) is 44.7 Å². The van der Waals surface area contributed by atoms with Crippen LogP contribution < -0.4 is 4.90 Å². The van der Waals surface area contributed by atoms with Gasteiger partial charge in [-0.25, -0.2) is 4.39 Å². The van der Waals surface area contributed by atoms with E-state index in [9.17, 15) is 9.18 Å². The highest BCUT2D eigenvalue weighted by Crippen LogP contribution is 2.33. The van der Waals surface area contributed by atoms with Crippen molar-refractivity contribution >= 4 is 11.6 Å². The minimum absolute atomic E-state index is 0.0223. The number of hydrogen-bond acceptors (Lipinski definition) is 4. The third-order valence-corrected chi connectivity index (χ3v) is 6.01. The lowest BCUT2D eigenvalue weighted by Gasteiger charge is -2.34. The highest BCUT2D eigenvalue weighted by molar-refractivity contribution is 5.79. The normalized spacial score (nSPS) is 20.3. The molecule has 2 saturated heterocycles. The molecule has 6 heteroatoms. The number of aryl methyl sites for hydroxylation is 1. The van der Waals surface area contributed by atoms with Crippen molar-refractivity contribution in [2.45, 2.75) is 32.2 Å². The molecule has 0 N–H and O–H groups in total. The lowest BCUT2D eigenvalue weighted by molar-refractivity contribution is -0.131. The minimum atomic E-state index is -0.277. The number of nitrogens with zero attached hydrogens (tertiary/aromatic N) is 4. The molecule has 4 rings (SSSR count). The molecule has 1 atom stereocenters. The number of anilines is 1. The number of halogens is 1. The van der Waals surface area contributed by atoms with Gasteiger partial charge in [0.25, 0.3) is 0 Å². The molecule has 0 spiro atoms. The SMILES string of the molecule is Cc1cc(N2CCN(C)CC2)cc(C2CCCN2C(=O)Cc2ccc(F)cc2)n1. The van der Waals surface area contributed by atoms with E-state index >= 15 is 0 Å². The van der Waals surface area contributed by atoms with Crippen molar-refractivity contribution < 1.29 is 9.18 Å². The van der Waals surface area contributed by atoms with Crippen molar-refractivity contribution in [3.05, 3.63) is 59.2 Å². The van der Waals surface area contributed by atoms with E-state index in [0.717, 1.165) is 62.5 Å². The zero-order valence-electron chi connectivity index (χ0n) is 17.3. The number of likely N-dealkylation sites (N-methyl/N-ethyl adjacent to an activating group) is 1. The summed E-state index contributed by atoms with van der Waals surface area (Å²) in [6.45, 7) is 6.92. The second kappa shape index (κ2) is 8.49. The van der Waals surface area contributed by atoms with E-state index in [0.29, 0.717) is 6.42 Å². The fourth-order valence-electron chi connectivity index (χ4n) is 4.34. The minimum Gasteiger partial charge on any atom is -0.369 e. The van der Waals surface area contributed by atoms with Crippen LogP contribution in [0, 0.1) is 12.7 Å². The van der Waals surface area contributed by atoms with Gasteiger partial charge in [0, 0.05) is 44.1 Å². The third kappa shape index (κ3) is 4.58. The topological polar surface area (TPSA) is 39.7 Å². The summed E-state index contributed by atoms with van der Waals surface area (Å²) in [7, 11) is 2.16. The Balaban J connectivity index is 1.52. The van der Waals surface area contributed by atoms with Crippen LogP contribution >= 0.6 is 0 Å². The molecule has 154 valence electrons. The van der Waals surface area contributed by atoms with Gasteiger partial charge in [-0.3, -0.25) is 9.78 Å². The average Bonchev–Trinajstić information content (AvgIpc) is 3.20. The fraction of sp³-hybridized carbons (Fsp3) is 0.478. The number of likely N-dealkylation sites (tertiary alicyclic amines) is 1. The van der Waals surface area contributed by atoms with Crippen molar-refractivity contribution in [3.63, 3.8) is 0 Å². The van der Waals surface area contributed by atoms with Crippen molar-refractivity contribution in [1.82, 2.24) is 14.8 Å². The number of benzene rings is 1. The van der Waals surface area contributed by atoms with E-state index in [2.05, 4.69) is 29.0 Å². The van der Waals surface area contributed by atoms with Gasteiger partial charge in [0.15, 0.2) is 0 Å². The summed E-state index contributed by atoms with van der Waals surface area (Å²) >= 11 is 0. The molecule has 1 aromatic carbocycles. The summed E-state index contributed by atoms with van der Waals surface area (Å²) in [5, 5.41) is 0. The van der Waals surface area contributed by atoms with E-state index in [-0.39, 0.29) is 17.8 Å². The van der Waals surface area contributed by atoms with E-state index in [1.54, 1.807) is 12.1 Å². The summed E-state index contributed by atoms with van der Waals surface area (Å²) in [5.74, 6) is -0.191. The van der Waals surface area contributed by atoms with Crippen LogP contribution in [0.4, 0.5) is 10.1 Å². The van der Waals surface area contributed by atoms with Gasteiger partial charge < -0.3 is 14.7 Å². The zero-order valence-corrected chi connectivity index (χ0v) is 17.3. The number of hydrogen-bond donors (Lipinski definition) is 0. The molecular weight excluding hydrogens is 367 g/mol. The molecule has 0 bridgehead atoms. The molecule has 1 aromatic heterocycles. The first-order valence-corrected chi connectivity index (χ1v) is 10.5. The Morgan fingerprint density at radius 3 is 2.55 bits per heavy atom. The predicted octanol–water partition coefficient (Wildman–Crippen LogP) is 3.19. The average molecular weight is 397 g/mol. The first-order valence-electron chi connectivity index (χ1n) is 10.5. The van der Waals surface area contributed by atoms with E-state index in [1.165, 1.54) is 17.8 Å². The van der Waals surface area contributed by atoms with Crippen LogP contribution in [0.25, 0.3) is 0 Å². The number of rotatable bonds is 4. The summed E-state index contributed by atoms with van der Waals surface area (Å²) < 4.78 is 13.1. The summed E-state index contributed by atoms with van der Waals surface area (Å²) in [5.41, 5.74) is 4.04. The van der Waals surface area contributed by atoms with Gasteiger partial charge in [0.05, 0.1) is 18.2 Å². The monoisotopic (exact) mass is 396 g/mol. The summed E-state index contributed by atoms with van der Waals surface area (Å²) in [6, 6.07) is 10.5. The number of pyridine rings is 1. The van der Waals surface area contributed by atoms with Gasteiger partial charge in [-0.15, -0.1) is 0 Å². The molecule has 5 nitrogen and oxygen atoms in total. The number of carbonyl (C=O) groups excluding carboxylic acids is 1. The maximum absolute atomic E-state index is 13.1. The maximum Gasteiger partial charge on any atom is 0.227 e. The molecule has 0 saturated carbocycles. The highest BCUT2D eigenvalue weighted by Gasteiger charge is 2.31. The molecule has 29 heavy (non-hydrogen) atoms. The summed E-state index contributed by atoms with van der Waals surface area (Å²) in [4.78, 5) is 24.5. The molecule has 1 amide bonds. The van der Waals surface area contributed by atoms with Crippen LogP contribution in [0.1, 0.15) is 35.8 Å². The van der Waals surface area contributed by atoms with Gasteiger partial charge in [0.1, 0.15) is 5.82 Å². The lowest BCUT2D eigenvalue weighted by atomic mass is 10.1. The molecule has 2 aliphatic rings. The quantitative estimate of drug-likeness (QED) is 0.796. The summed E-state index contributed by atoms with van der Waals surface area (Å²) in [6.07, 6.45) is 2.22. The van der Waals surface area contributed by atoms with Gasteiger partial charge in [-0.05, 0) is 56.6 Å². The first kappa shape index (κ1) is 19.8. The van der Waals surface area contributed by atoms with E-state index in [4.69, 9.17) is 4.98 Å². The maximum atomic E-state index is 13.1. The van der Waals surface area contributed by atoms with Crippen LogP contribution in [-0.2, 0) is 11.2 Å².